The molecular formula is C16H20N2O3. The molecule has 0 radical (unpaired) electrons. The first-order chi connectivity index (χ1) is 10.1. The molecule has 0 amide bonds. The van der Waals surface area contributed by atoms with Crippen LogP contribution in [0.15, 0.2) is 27.4 Å². The van der Waals surface area contributed by atoms with Gasteiger partial charge in [-0.05, 0) is 51.1 Å². The summed E-state index contributed by atoms with van der Waals surface area (Å²) in [5.74, 6) is -0.316. The number of nitrogens with zero attached hydrogens (tertiary/aromatic N) is 2. The number of piperidine rings is 1. The van der Waals surface area contributed by atoms with Gasteiger partial charge in [-0.2, -0.15) is 0 Å². The van der Waals surface area contributed by atoms with Crippen molar-refractivity contribution in [2.45, 2.75) is 32.2 Å². The van der Waals surface area contributed by atoms with E-state index in [0.717, 1.165) is 25.9 Å². The molecule has 0 bridgehead atoms. The Balaban J connectivity index is 1.88. The number of aryl methyl sites for hydroxylation is 1. The Hall–Kier alpha value is -1.88. The van der Waals surface area contributed by atoms with Crippen LogP contribution in [-0.2, 0) is 7.05 Å². The van der Waals surface area contributed by atoms with Gasteiger partial charge in [0.05, 0.1) is 11.6 Å². The molecule has 1 aromatic carbocycles. The highest BCUT2D eigenvalue weighted by Crippen LogP contribution is 2.19. The molecule has 2 heterocycles. The maximum Gasteiger partial charge on any atom is 0.419 e. The van der Waals surface area contributed by atoms with Gasteiger partial charge in [0, 0.05) is 12.6 Å². The maximum atomic E-state index is 12.6. The number of oxazole rings is 1. The van der Waals surface area contributed by atoms with Gasteiger partial charge in [0.2, 0.25) is 0 Å². The van der Waals surface area contributed by atoms with E-state index in [1.807, 2.05) is 6.92 Å². The zero-order valence-corrected chi connectivity index (χ0v) is 12.5. The quantitative estimate of drug-likeness (QED) is 0.812. The maximum absolute atomic E-state index is 12.6. The number of carbonyl (C=O) groups is 1. The summed E-state index contributed by atoms with van der Waals surface area (Å²) in [6.45, 7) is 3.92. The van der Waals surface area contributed by atoms with Gasteiger partial charge in [-0.1, -0.05) is 6.42 Å². The van der Waals surface area contributed by atoms with Gasteiger partial charge in [0.25, 0.3) is 0 Å². The number of Topliss-reactive ketones (excluding diaryl/α,β-unsaturated/α-hetero) is 1. The molecule has 0 saturated carbocycles. The molecule has 1 aromatic heterocycles. The predicted octanol–water partition coefficient (Wildman–Crippen LogP) is 2.19. The number of ketones is 1. The molecule has 1 saturated heterocycles. The van der Waals surface area contributed by atoms with Gasteiger partial charge in [-0.25, -0.2) is 4.79 Å². The van der Waals surface area contributed by atoms with Crippen molar-refractivity contribution in [2.75, 3.05) is 13.1 Å². The van der Waals surface area contributed by atoms with E-state index in [4.69, 9.17) is 4.42 Å². The molecule has 112 valence electrons. The fourth-order valence-electron chi connectivity index (χ4n) is 3.00. The van der Waals surface area contributed by atoms with Gasteiger partial charge < -0.3 is 4.42 Å². The lowest BCUT2D eigenvalue weighted by Gasteiger charge is -2.31. The lowest BCUT2D eigenvalue weighted by atomic mass is 10.0. The van der Waals surface area contributed by atoms with Crippen molar-refractivity contribution in [3.8, 4) is 0 Å². The monoisotopic (exact) mass is 288 g/mol. The number of fused-ring (bicyclic) bond motifs is 1. The molecule has 1 fully saturated rings. The third-order valence-electron chi connectivity index (χ3n) is 4.39. The lowest BCUT2D eigenvalue weighted by molar-refractivity contribution is 0.0809. The van der Waals surface area contributed by atoms with Crippen molar-refractivity contribution in [2.24, 2.45) is 7.05 Å². The van der Waals surface area contributed by atoms with Crippen LogP contribution in [0, 0.1) is 0 Å². The highest BCUT2D eigenvalue weighted by Gasteiger charge is 2.24. The average molecular weight is 288 g/mol. The first-order valence-electron chi connectivity index (χ1n) is 7.46. The van der Waals surface area contributed by atoms with Crippen LogP contribution < -0.4 is 5.76 Å². The van der Waals surface area contributed by atoms with Crippen LogP contribution in [-0.4, -0.2) is 34.4 Å². The Morgan fingerprint density at radius 2 is 1.95 bits per heavy atom. The molecule has 1 aliphatic heterocycles. The largest absolute Gasteiger partial charge is 0.419 e. The average Bonchev–Trinajstić information content (AvgIpc) is 2.81. The Bertz CT molecular complexity index is 723. The zero-order valence-electron chi connectivity index (χ0n) is 12.5. The van der Waals surface area contributed by atoms with Crippen LogP contribution in [0.25, 0.3) is 11.1 Å². The predicted molar refractivity (Wildman–Crippen MR) is 80.7 cm³/mol. The first kappa shape index (κ1) is 14.1. The smallest absolute Gasteiger partial charge is 0.408 e. The van der Waals surface area contributed by atoms with E-state index in [9.17, 15) is 9.59 Å². The number of hydrogen-bond donors (Lipinski definition) is 0. The fourth-order valence-corrected chi connectivity index (χ4v) is 3.00. The number of carbonyl (C=O) groups excluding carboxylic acids is 1. The summed E-state index contributed by atoms with van der Waals surface area (Å²) >= 11 is 0. The third kappa shape index (κ3) is 2.53. The Morgan fingerprint density at radius 1 is 1.24 bits per heavy atom. The molecular weight excluding hydrogens is 268 g/mol. The third-order valence-corrected chi connectivity index (χ3v) is 4.39. The van der Waals surface area contributed by atoms with Gasteiger partial charge in [-0.15, -0.1) is 0 Å². The van der Waals surface area contributed by atoms with E-state index in [0.29, 0.717) is 16.7 Å². The second-order valence-electron chi connectivity index (χ2n) is 5.75. The van der Waals surface area contributed by atoms with E-state index in [-0.39, 0.29) is 11.8 Å². The van der Waals surface area contributed by atoms with Crippen LogP contribution in [0.4, 0.5) is 0 Å². The van der Waals surface area contributed by atoms with Crippen LogP contribution in [0.1, 0.15) is 36.5 Å². The number of aromatic nitrogens is 1. The molecule has 0 spiro atoms. The summed E-state index contributed by atoms with van der Waals surface area (Å²) < 4.78 is 6.60. The highest BCUT2D eigenvalue weighted by atomic mass is 16.4. The first-order valence-corrected chi connectivity index (χ1v) is 7.46. The van der Waals surface area contributed by atoms with Crippen molar-refractivity contribution in [1.29, 1.82) is 0 Å². The van der Waals surface area contributed by atoms with Crippen LogP contribution >= 0.6 is 0 Å². The number of benzene rings is 1. The molecule has 0 aliphatic carbocycles. The Morgan fingerprint density at radius 3 is 2.67 bits per heavy atom. The second kappa shape index (κ2) is 5.48. The molecule has 1 atom stereocenters. The fraction of sp³-hybridized carbons (Fsp3) is 0.500. The summed E-state index contributed by atoms with van der Waals surface area (Å²) in [6, 6.07) is 5.11. The van der Waals surface area contributed by atoms with Crippen LogP contribution in [0.5, 0.6) is 0 Å². The summed E-state index contributed by atoms with van der Waals surface area (Å²) in [6.07, 6.45) is 3.56. The van der Waals surface area contributed by atoms with E-state index in [2.05, 4.69) is 4.90 Å². The van der Waals surface area contributed by atoms with Crippen molar-refractivity contribution < 1.29 is 9.21 Å². The molecule has 1 unspecified atom stereocenters. The van der Waals surface area contributed by atoms with Crippen molar-refractivity contribution in [1.82, 2.24) is 9.47 Å². The van der Waals surface area contributed by atoms with Gasteiger partial charge in [0.1, 0.15) is 0 Å². The van der Waals surface area contributed by atoms with Crippen molar-refractivity contribution >= 4 is 16.9 Å². The Kier molecular flexibility index (Phi) is 3.68. The minimum Gasteiger partial charge on any atom is -0.408 e. The number of rotatable bonds is 3. The second-order valence-corrected chi connectivity index (χ2v) is 5.75. The summed E-state index contributed by atoms with van der Waals surface area (Å²) in [5.41, 5.74) is 1.79. The van der Waals surface area contributed by atoms with Crippen LogP contribution in [0.3, 0.4) is 0 Å². The van der Waals surface area contributed by atoms with Crippen molar-refractivity contribution in [3.63, 3.8) is 0 Å². The topological polar surface area (TPSA) is 55.5 Å². The molecule has 0 N–H and O–H groups in total. The van der Waals surface area contributed by atoms with Gasteiger partial charge in [0.15, 0.2) is 11.4 Å². The van der Waals surface area contributed by atoms with Crippen LogP contribution in [0.2, 0.25) is 0 Å². The molecule has 3 rings (SSSR count). The minimum absolute atomic E-state index is 0.0882. The zero-order chi connectivity index (χ0) is 15.0. The highest BCUT2D eigenvalue weighted by molar-refractivity contribution is 6.01. The van der Waals surface area contributed by atoms with Crippen molar-refractivity contribution in [3.05, 3.63) is 34.3 Å². The molecule has 5 nitrogen and oxygen atoms in total. The molecule has 21 heavy (non-hydrogen) atoms. The van der Waals surface area contributed by atoms with E-state index >= 15 is 0 Å². The van der Waals surface area contributed by atoms with E-state index < -0.39 is 5.76 Å². The Labute approximate surface area is 123 Å². The molecule has 1 aliphatic rings. The normalized spacial score (nSPS) is 18.0. The summed E-state index contributed by atoms with van der Waals surface area (Å²) in [7, 11) is 1.66. The minimum atomic E-state index is -0.404. The lowest BCUT2D eigenvalue weighted by Crippen LogP contribution is -2.42. The molecule has 5 heteroatoms. The van der Waals surface area contributed by atoms with E-state index in [1.54, 1.807) is 25.2 Å². The van der Waals surface area contributed by atoms with Gasteiger partial charge in [-0.3, -0.25) is 14.3 Å². The summed E-state index contributed by atoms with van der Waals surface area (Å²) in [4.78, 5) is 26.3. The standard InChI is InChI=1S/C16H20N2O3/c1-11(18-8-4-3-5-9-18)15(19)12-6-7-13-14(10-12)21-16(20)17(13)2/h6-7,10-11H,3-5,8-9H2,1-2H3. The number of likely N-dealkylation sites (tertiary alicyclic amines) is 1. The summed E-state index contributed by atoms with van der Waals surface area (Å²) in [5, 5.41) is 0. The SMILES string of the molecule is CC(C(=O)c1ccc2c(c1)oc(=O)n2C)N1CCCCC1. The number of hydrogen-bond acceptors (Lipinski definition) is 4. The molecule has 2 aromatic rings. The van der Waals surface area contributed by atoms with E-state index in [1.165, 1.54) is 11.0 Å². The van der Waals surface area contributed by atoms with Gasteiger partial charge >= 0.3 is 5.76 Å².